The number of carbonyl (C=O) groups excluding carboxylic acids is 2. The van der Waals surface area contributed by atoms with Crippen LogP contribution in [0.4, 0.5) is 0 Å². The molecule has 1 heterocycles. The molecule has 15 heavy (non-hydrogen) atoms. The number of hydrogen-bond donors (Lipinski definition) is 0. The van der Waals surface area contributed by atoms with Crippen LogP contribution in [0.3, 0.4) is 0 Å². The first-order valence-electron chi connectivity index (χ1n) is 4.63. The van der Waals surface area contributed by atoms with Gasteiger partial charge >= 0.3 is 0 Å². The minimum absolute atomic E-state index is 0.0584. The summed E-state index contributed by atoms with van der Waals surface area (Å²) in [5, 5.41) is 0.117. The zero-order valence-electron chi connectivity index (χ0n) is 8.61. The maximum Gasteiger partial charge on any atom is 0.229 e. The molecule has 0 aliphatic carbocycles. The minimum atomic E-state index is 0.0584. The van der Waals surface area contributed by atoms with Crippen LogP contribution in [-0.2, 0) is 0 Å². The lowest BCUT2D eigenvalue weighted by Gasteiger charge is -1.93. The van der Waals surface area contributed by atoms with Crippen LogP contribution >= 0.6 is 34.9 Å². The first-order chi connectivity index (χ1) is 7.19. The quantitative estimate of drug-likeness (QED) is 0.829. The molecular weight excluding hydrogens is 248 g/mol. The molecule has 0 saturated heterocycles. The Hall–Kier alpha value is -0.260. The van der Waals surface area contributed by atoms with Gasteiger partial charge in [0.25, 0.3) is 0 Å². The van der Waals surface area contributed by atoms with Gasteiger partial charge in [-0.25, -0.2) is 0 Å². The third-order valence-electron chi connectivity index (χ3n) is 1.56. The van der Waals surface area contributed by atoms with Crippen molar-refractivity contribution in [2.45, 2.75) is 13.8 Å². The number of rotatable bonds is 4. The predicted octanol–water partition coefficient (Wildman–Crippen LogP) is 3.53. The smallest absolute Gasteiger partial charge is 0.229 e. The van der Waals surface area contributed by atoms with Crippen LogP contribution in [0.5, 0.6) is 0 Å². The fourth-order valence-corrected chi connectivity index (χ4v) is 3.19. The summed E-state index contributed by atoms with van der Waals surface area (Å²) >= 11 is 3.84. The van der Waals surface area contributed by atoms with Gasteiger partial charge in [-0.2, -0.15) is 0 Å². The Morgan fingerprint density at radius 2 is 1.47 bits per heavy atom. The van der Waals surface area contributed by atoms with Crippen LogP contribution in [0.25, 0.3) is 0 Å². The van der Waals surface area contributed by atoms with Crippen LogP contribution in [0.15, 0.2) is 12.1 Å². The van der Waals surface area contributed by atoms with Crippen molar-refractivity contribution in [3.05, 3.63) is 21.9 Å². The van der Waals surface area contributed by atoms with Gasteiger partial charge in [0.2, 0.25) is 10.2 Å². The van der Waals surface area contributed by atoms with Crippen molar-refractivity contribution < 1.29 is 9.59 Å². The van der Waals surface area contributed by atoms with E-state index in [-0.39, 0.29) is 10.2 Å². The van der Waals surface area contributed by atoms with Crippen molar-refractivity contribution in [3.63, 3.8) is 0 Å². The number of thiophene rings is 1. The van der Waals surface area contributed by atoms with E-state index < -0.39 is 0 Å². The molecule has 1 rings (SSSR count). The summed E-state index contributed by atoms with van der Waals surface area (Å²) in [5.41, 5.74) is 0. The van der Waals surface area contributed by atoms with Crippen LogP contribution in [-0.4, -0.2) is 21.7 Å². The van der Waals surface area contributed by atoms with Crippen molar-refractivity contribution in [2.24, 2.45) is 0 Å². The highest BCUT2D eigenvalue weighted by Gasteiger charge is 2.13. The van der Waals surface area contributed by atoms with Gasteiger partial charge in [0, 0.05) is 0 Å². The van der Waals surface area contributed by atoms with E-state index in [1.807, 2.05) is 13.8 Å². The van der Waals surface area contributed by atoms with Gasteiger partial charge in [0.15, 0.2) is 0 Å². The summed E-state index contributed by atoms with van der Waals surface area (Å²) in [6.45, 7) is 3.88. The maximum atomic E-state index is 11.5. The van der Waals surface area contributed by atoms with Gasteiger partial charge in [-0.3, -0.25) is 9.59 Å². The fraction of sp³-hybridized carbons (Fsp3) is 0.400. The lowest BCUT2D eigenvalue weighted by molar-refractivity contribution is 0.108. The number of thioether (sulfide) groups is 2. The molecule has 0 unspecified atom stereocenters. The summed E-state index contributed by atoms with van der Waals surface area (Å²) in [6.07, 6.45) is 0. The van der Waals surface area contributed by atoms with Gasteiger partial charge in [0.05, 0.1) is 9.75 Å². The van der Waals surface area contributed by atoms with E-state index in [0.717, 1.165) is 11.5 Å². The molecule has 0 bridgehead atoms. The SMILES string of the molecule is CCSC(=O)c1ccc(C(=O)SCC)s1. The molecular formula is C10H12O2S3. The lowest BCUT2D eigenvalue weighted by atomic mass is 10.4. The summed E-state index contributed by atoms with van der Waals surface area (Å²) in [5.74, 6) is 1.54. The van der Waals surface area contributed by atoms with Gasteiger partial charge in [0.1, 0.15) is 0 Å². The number of carbonyl (C=O) groups is 2. The molecule has 0 saturated carbocycles. The Bertz CT molecular complexity index is 325. The Balaban J connectivity index is 2.71. The second kappa shape index (κ2) is 6.35. The lowest BCUT2D eigenvalue weighted by Crippen LogP contribution is -1.90. The molecule has 1 aromatic rings. The average Bonchev–Trinajstić information content (AvgIpc) is 2.67. The molecule has 0 aliphatic heterocycles. The predicted molar refractivity (Wildman–Crippen MR) is 69.2 cm³/mol. The zero-order chi connectivity index (χ0) is 11.3. The summed E-state index contributed by atoms with van der Waals surface area (Å²) in [4.78, 5) is 24.3. The van der Waals surface area contributed by atoms with Crippen molar-refractivity contribution in [1.29, 1.82) is 0 Å². The minimum Gasteiger partial charge on any atom is -0.281 e. The third kappa shape index (κ3) is 3.66. The highest BCUT2D eigenvalue weighted by atomic mass is 32.2. The Morgan fingerprint density at radius 3 is 1.80 bits per heavy atom. The second-order valence-corrected chi connectivity index (χ2v) is 6.16. The molecule has 0 atom stereocenters. The Morgan fingerprint density at radius 1 is 1.07 bits per heavy atom. The van der Waals surface area contributed by atoms with E-state index in [0.29, 0.717) is 9.75 Å². The number of hydrogen-bond acceptors (Lipinski definition) is 5. The Labute approximate surface area is 102 Å². The highest BCUT2D eigenvalue weighted by molar-refractivity contribution is 8.14. The monoisotopic (exact) mass is 260 g/mol. The van der Waals surface area contributed by atoms with E-state index in [4.69, 9.17) is 0 Å². The van der Waals surface area contributed by atoms with Crippen molar-refractivity contribution in [3.8, 4) is 0 Å². The summed E-state index contributed by atoms with van der Waals surface area (Å²) < 4.78 is 0. The van der Waals surface area contributed by atoms with E-state index >= 15 is 0 Å². The molecule has 0 radical (unpaired) electrons. The van der Waals surface area contributed by atoms with E-state index in [1.165, 1.54) is 34.9 Å². The van der Waals surface area contributed by atoms with Crippen molar-refractivity contribution in [1.82, 2.24) is 0 Å². The molecule has 0 aromatic carbocycles. The van der Waals surface area contributed by atoms with Crippen LogP contribution in [0.2, 0.25) is 0 Å². The molecule has 0 aliphatic rings. The molecule has 0 fully saturated rings. The van der Waals surface area contributed by atoms with E-state index in [1.54, 1.807) is 12.1 Å². The molecule has 0 amide bonds. The zero-order valence-corrected chi connectivity index (χ0v) is 11.1. The molecule has 2 nitrogen and oxygen atoms in total. The van der Waals surface area contributed by atoms with Gasteiger partial charge < -0.3 is 0 Å². The van der Waals surface area contributed by atoms with Crippen molar-refractivity contribution >= 4 is 45.1 Å². The van der Waals surface area contributed by atoms with Gasteiger partial charge in [-0.15, -0.1) is 11.3 Å². The van der Waals surface area contributed by atoms with E-state index in [9.17, 15) is 9.59 Å². The molecule has 82 valence electrons. The summed E-state index contributed by atoms with van der Waals surface area (Å²) in [7, 11) is 0. The topological polar surface area (TPSA) is 34.1 Å². The van der Waals surface area contributed by atoms with Crippen molar-refractivity contribution in [2.75, 3.05) is 11.5 Å². The molecule has 1 aromatic heterocycles. The fourth-order valence-electron chi connectivity index (χ4n) is 0.962. The maximum absolute atomic E-state index is 11.5. The third-order valence-corrected chi connectivity index (χ3v) is 4.44. The van der Waals surface area contributed by atoms with Gasteiger partial charge in [-0.1, -0.05) is 37.4 Å². The standard InChI is InChI=1S/C10H12O2S3/c1-3-13-9(11)7-5-6-8(15-7)10(12)14-4-2/h5-6H,3-4H2,1-2H3. The first-order valence-corrected chi connectivity index (χ1v) is 7.41. The second-order valence-electron chi connectivity index (χ2n) is 2.60. The molecule has 5 heteroatoms. The molecule has 0 N–H and O–H groups in total. The molecule has 0 spiro atoms. The highest BCUT2D eigenvalue weighted by Crippen LogP contribution is 2.24. The normalized spacial score (nSPS) is 10.3. The van der Waals surface area contributed by atoms with Crippen LogP contribution < -0.4 is 0 Å². The van der Waals surface area contributed by atoms with Crippen LogP contribution in [0.1, 0.15) is 33.2 Å². The Kier molecular flexibility index (Phi) is 5.42. The first kappa shape index (κ1) is 12.8. The largest absolute Gasteiger partial charge is 0.281 e. The van der Waals surface area contributed by atoms with Gasteiger partial charge in [-0.05, 0) is 23.6 Å². The average molecular weight is 260 g/mol. The van der Waals surface area contributed by atoms with E-state index in [2.05, 4.69) is 0 Å². The summed E-state index contributed by atoms with van der Waals surface area (Å²) in [6, 6.07) is 3.47. The van der Waals surface area contributed by atoms with Crippen LogP contribution in [0, 0.1) is 0 Å².